The van der Waals surface area contributed by atoms with Crippen molar-refractivity contribution >= 4 is 17.3 Å². The van der Waals surface area contributed by atoms with Gasteiger partial charge in [-0.15, -0.1) is 0 Å². The van der Waals surface area contributed by atoms with Crippen LogP contribution in [0.15, 0.2) is 42.5 Å². The molecule has 0 aromatic heterocycles. The molecule has 0 heterocycles. The van der Waals surface area contributed by atoms with Gasteiger partial charge >= 0.3 is 6.61 Å². The van der Waals surface area contributed by atoms with Crippen molar-refractivity contribution in [3.05, 3.63) is 53.6 Å². The summed E-state index contributed by atoms with van der Waals surface area (Å²) in [6.07, 6.45) is 0.830. The molecule has 0 unspecified atom stereocenters. The lowest BCUT2D eigenvalue weighted by molar-refractivity contribution is -0.114. The molecule has 0 radical (unpaired) electrons. The summed E-state index contributed by atoms with van der Waals surface area (Å²) in [5, 5.41) is 5.86. The minimum absolute atomic E-state index is 0.0759. The Labute approximate surface area is 139 Å². The van der Waals surface area contributed by atoms with Gasteiger partial charge in [0.1, 0.15) is 5.75 Å². The molecule has 0 spiro atoms. The minimum Gasteiger partial charge on any atom is -0.435 e. The Morgan fingerprint density at radius 1 is 1.17 bits per heavy atom. The molecule has 0 aliphatic heterocycles. The molecule has 2 aromatic carbocycles. The summed E-state index contributed by atoms with van der Waals surface area (Å²) >= 11 is 0. The second-order valence-electron chi connectivity index (χ2n) is 5.27. The maximum Gasteiger partial charge on any atom is 0.387 e. The maximum absolute atomic E-state index is 12.1. The van der Waals surface area contributed by atoms with E-state index in [-0.39, 0.29) is 18.2 Å². The van der Waals surface area contributed by atoms with Gasteiger partial charge in [-0.25, -0.2) is 0 Å². The van der Waals surface area contributed by atoms with E-state index in [1.54, 1.807) is 12.1 Å². The van der Waals surface area contributed by atoms with Gasteiger partial charge in [-0.1, -0.05) is 25.1 Å². The van der Waals surface area contributed by atoms with Gasteiger partial charge in [0.2, 0.25) is 5.91 Å². The van der Waals surface area contributed by atoms with Gasteiger partial charge in [0.15, 0.2) is 0 Å². The van der Waals surface area contributed by atoms with E-state index in [1.165, 1.54) is 12.1 Å². The summed E-state index contributed by atoms with van der Waals surface area (Å²) in [6, 6.07) is 11.9. The SMILES string of the molecule is CCc1cccc(C)c1NC(=O)CNc1ccc(OC(F)F)cc1. The van der Waals surface area contributed by atoms with Crippen molar-refractivity contribution in [2.45, 2.75) is 26.9 Å². The standard InChI is InChI=1S/C18H20F2N2O2/c1-3-13-6-4-5-12(2)17(13)22-16(23)11-21-14-7-9-15(10-8-14)24-18(19)20/h4-10,18,21H,3,11H2,1-2H3,(H,22,23). The first kappa shape index (κ1) is 17.7. The van der Waals surface area contributed by atoms with E-state index in [4.69, 9.17) is 0 Å². The monoisotopic (exact) mass is 334 g/mol. The summed E-state index contributed by atoms with van der Waals surface area (Å²) < 4.78 is 28.4. The largest absolute Gasteiger partial charge is 0.435 e. The number of carbonyl (C=O) groups excluding carboxylic acids is 1. The number of nitrogens with one attached hydrogen (secondary N) is 2. The van der Waals surface area contributed by atoms with Crippen molar-refractivity contribution in [2.75, 3.05) is 17.2 Å². The number of ether oxygens (including phenoxy) is 1. The van der Waals surface area contributed by atoms with Crippen molar-refractivity contribution in [1.82, 2.24) is 0 Å². The predicted octanol–water partition coefficient (Wildman–Crippen LogP) is 4.21. The van der Waals surface area contributed by atoms with Crippen LogP contribution in [0.4, 0.5) is 20.2 Å². The number of anilines is 2. The van der Waals surface area contributed by atoms with E-state index < -0.39 is 6.61 Å². The predicted molar refractivity (Wildman–Crippen MR) is 90.8 cm³/mol. The molecule has 2 rings (SSSR count). The van der Waals surface area contributed by atoms with Gasteiger partial charge in [-0.2, -0.15) is 8.78 Å². The zero-order chi connectivity index (χ0) is 17.5. The van der Waals surface area contributed by atoms with Crippen LogP contribution < -0.4 is 15.4 Å². The molecular weight excluding hydrogens is 314 g/mol. The normalized spacial score (nSPS) is 10.5. The highest BCUT2D eigenvalue weighted by molar-refractivity contribution is 5.95. The van der Waals surface area contributed by atoms with Crippen LogP contribution in [0.2, 0.25) is 0 Å². The molecule has 1 amide bonds. The van der Waals surface area contributed by atoms with Gasteiger partial charge in [0, 0.05) is 11.4 Å². The van der Waals surface area contributed by atoms with Crippen LogP contribution in [0.3, 0.4) is 0 Å². The molecule has 128 valence electrons. The third kappa shape index (κ3) is 4.94. The van der Waals surface area contributed by atoms with E-state index in [0.29, 0.717) is 5.69 Å². The van der Waals surface area contributed by atoms with Crippen molar-refractivity contribution in [3.8, 4) is 5.75 Å². The average molecular weight is 334 g/mol. The third-order valence-corrected chi connectivity index (χ3v) is 3.54. The zero-order valence-electron chi connectivity index (χ0n) is 13.6. The Bertz CT molecular complexity index is 688. The molecular formula is C18H20F2N2O2. The van der Waals surface area contributed by atoms with Crippen LogP contribution >= 0.6 is 0 Å². The van der Waals surface area contributed by atoms with Crippen LogP contribution in [0.1, 0.15) is 18.1 Å². The number of halogens is 2. The van der Waals surface area contributed by atoms with Crippen molar-refractivity contribution in [2.24, 2.45) is 0 Å². The number of rotatable bonds is 7. The number of benzene rings is 2. The van der Waals surface area contributed by atoms with E-state index >= 15 is 0 Å². The lowest BCUT2D eigenvalue weighted by Crippen LogP contribution is -2.22. The first-order valence-electron chi connectivity index (χ1n) is 7.66. The summed E-state index contributed by atoms with van der Waals surface area (Å²) in [7, 11) is 0. The van der Waals surface area contributed by atoms with Gasteiger partial charge in [-0.3, -0.25) is 4.79 Å². The molecule has 2 N–H and O–H groups in total. The highest BCUT2D eigenvalue weighted by atomic mass is 19.3. The summed E-state index contributed by atoms with van der Waals surface area (Å²) in [4.78, 5) is 12.1. The number of alkyl halides is 2. The smallest absolute Gasteiger partial charge is 0.387 e. The first-order chi connectivity index (χ1) is 11.5. The van der Waals surface area contributed by atoms with Gasteiger partial charge in [-0.05, 0) is 48.7 Å². The van der Waals surface area contributed by atoms with Crippen molar-refractivity contribution in [3.63, 3.8) is 0 Å². The summed E-state index contributed by atoms with van der Waals surface area (Å²) in [5.41, 5.74) is 3.58. The second kappa shape index (κ2) is 8.29. The Balaban J connectivity index is 1.92. The molecule has 6 heteroatoms. The van der Waals surface area contributed by atoms with Crippen LogP contribution in [-0.4, -0.2) is 19.1 Å². The number of hydrogen-bond acceptors (Lipinski definition) is 3. The highest BCUT2D eigenvalue weighted by Crippen LogP contribution is 2.21. The molecule has 0 saturated heterocycles. The molecule has 0 atom stereocenters. The Morgan fingerprint density at radius 2 is 1.88 bits per heavy atom. The molecule has 24 heavy (non-hydrogen) atoms. The Kier molecular flexibility index (Phi) is 6.12. The van der Waals surface area contributed by atoms with Gasteiger partial charge in [0.25, 0.3) is 0 Å². The quantitative estimate of drug-likeness (QED) is 0.797. The van der Waals surface area contributed by atoms with E-state index in [2.05, 4.69) is 15.4 Å². The highest BCUT2D eigenvalue weighted by Gasteiger charge is 2.09. The molecule has 2 aromatic rings. The number of hydrogen-bond donors (Lipinski definition) is 2. The third-order valence-electron chi connectivity index (χ3n) is 3.54. The lowest BCUT2D eigenvalue weighted by atomic mass is 10.1. The molecule has 0 bridgehead atoms. The van der Waals surface area contributed by atoms with Gasteiger partial charge in [0.05, 0.1) is 6.54 Å². The molecule has 4 nitrogen and oxygen atoms in total. The summed E-state index contributed by atoms with van der Waals surface area (Å²) in [5.74, 6) is -0.0978. The molecule has 0 aliphatic carbocycles. The van der Waals surface area contributed by atoms with Crippen LogP contribution in [0.5, 0.6) is 5.75 Å². The first-order valence-corrected chi connectivity index (χ1v) is 7.66. The van der Waals surface area contributed by atoms with E-state index in [1.807, 2.05) is 32.0 Å². The minimum atomic E-state index is -2.85. The Hall–Kier alpha value is -2.63. The lowest BCUT2D eigenvalue weighted by Gasteiger charge is -2.14. The van der Waals surface area contributed by atoms with Crippen LogP contribution in [-0.2, 0) is 11.2 Å². The fourth-order valence-corrected chi connectivity index (χ4v) is 2.32. The molecule has 0 saturated carbocycles. The maximum atomic E-state index is 12.1. The van der Waals surface area contributed by atoms with Gasteiger partial charge < -0.3 is 15.4 Å². The zero-order valence-corrected chi connectivity index (χ0v) is 13.6. The number of aryl methyl sites for hydroxylation is 2. The van der Waals surface area contributed by atoms with Crippen LogP contribution in [0, 0.1) is 6.92 Å². The topological polar surface area (TPSA) is 50.4 Å². The van der Waals surface area contributed by atoms with E-state index in [9.17, 15) is 13.6 Å². The van der Waals surface area contributed by atoms with Crippen molar-refractivity contribution < 1.29 is 18.3 Å². The van der Waals surface area contributed by atoms with Crippen molar-refractivity contribution in [1.29, 1.82) is 0 Å². The summed E-state index contributed by atoms with van der Waals surface area (Å²) in [6.45, 7) is 1.21. The fraction of sp³-hybridized carbons (Fsp3) is 0.278. The average Bonchev–Trinajstić information content (AvgIpc) is 2.55. The molecule has 0 fully saturated rings. The fourth-order valence-electron chi connectivity index (χ4n) is 2.32. The number of carbonyl (C=O) groups is 1. The number of para-hydroxylation sites is 1. The number of amides is 1. The van der Waals surface area contributed by atoms with E-state index in [0.717, 1.165) is 23.2 Å². The molecule has 0 aliphatic rings. The second-order valence-corrected chi connectivity index (χ2v) is 5.27. The van der Waals surface area contributed by atoms with Crippen LogP contribution in [0.25, 0.3) is 0 Å². The Morgan fingerprint density at radius 3 is 2.50 bits per heavy atom.